The summed E-state index contributed by atoms with van der Waals surface area (Å²) in [7, 11) is 0. The number of carbonyl (C=O) groups excluding carboxylic acids is 2. The Bertz CT molecular complexity index is 987. The van der Waals surface area contributed by atoms with Gasteiger partial charge in [-0.25, -0.2) is 4.79 Å². The molecule has 3 N–H and O–H groups in total. The zero-order valence-corrected chi connectivity index (χ0v) is 16.8. The molecule has 0 aliphatic carbocycles. The number of fused-ring (bicyclic) bond motifs is 1. The number of nitrogen functional groups attached to an aromatic ring is 1. The molecule has 0 aromatic heterocycles. The van der Waals surface area contributed by atoms with Gasteiger partial charge in [-0.3, -0.25) is 4.79 Å². The van der Waals surface area contributed by atoms with Gasteiger partial charge < -0.3 is 20.7 Å². The lowest BCUT2D eigenvalue weighted by Crippen LogP contribution is -2.38. The van der Waals surface area contributed by atoms with Crippen LogP contribution in [0.25, 0.3) is 0 Å². The van der Waals surface area contributed by atoms with E-state index in [4.69, 9.17) is 22.1 Å². The predicted molar refractivity (Wildman–Crippen MR) is 114 cm³/mol. The number of anilines is 3. The molecule has 2 aliphatic heterocycles. The molecule has 1 amide bonds. The van der Waals surface area contributed by atoms with Gasteiger partial charge in [-0.2, -0.15) is 0 Å². The van der Waals surface area contributed by atoms with Crippen LogP contribution in [-0.2, 0) is 14.3 Å². The molecule has 2 heterocycles. The van der Waals surface area contributed by atoms with Gasteiger partial charge in [0, 0.05) is 40.1 Å². The van der Waals surface area contributed by atoms with Gasteiger partial charge in [0.05, 0.1) is 6.61 Å². The molecule has 2 aromatic rings. The molecule has 0 saturated heterocycles. The molecule has 0 fully saturated rings. The summed E-state index contributed by atoms with van der Waals surface area (Å²) in [4.78, 5) is 27.4. The molecule has 2 aromatic carbocycles. The second-order valence-electron chi connectivity index (χ2n) is 7.14. The number of halogens is 1. The number of nitrogens with two attached hydrogens (primary N) is 1. The van der Waals surface area contributed by atoms with E-state index < -0.39 is 6.04 Å². The topological polar surface area (TPSA) is 84.7 Å². The molecule has 0 saturated carbocycles. The SMILES string of the molecule is CCOC(=O)C1CC(C2=CCN(c3ccc(N)cc3)C2=O)c2ccc(Cl)cc2N1. The fourth-order valence-corrected chi connectivity index (χ4v) is 4.12. The summed E-state index contributed by atoms with van der Waals surface area (Å²) in [5, 5.41) is 3.78. The van der Waals surface area contributed by atoms with Crippen molar-refractivity contribution in [1.82, 2.24) is 0 Å². The summed E-state index contributed by atoms with van der Waals surface area (Å²) in [5.41, 5.74) is 9.59. The Kier molecular flexibility index (Phi) is 5.20. The molecule has 0 radical (unpaired) electrons. The molecule has 29 heavy (non-hydrogen) atoms. The molecule has 0 spiro atoms. The molecule has 2 unspecified atom stereocenters. The lowest BCUT2D eigenvalue weighted by atomic mass is 9.81. The minimum absolute atomic E-state index is 0.0646. The number of ether oxygens (including phenoxy) is 1. The number of rotatable bonds is 4. The van der Waals surface area contributed by atoms with Crippen LogP contribution >= 0.6 is 11.6 Å². The number of hydrogen-bond donors (Lipinski definition) is 2. The van der Waals surface area contributed by atoms with E-state index in [-0.39, 0.29) is 17.8 Å². The van der Waals surface area contributed by atoms with Crippen molar-refractivity contribution < 1.29 is 14.3 Å². The first-order chi connectivity index (χ1) is 14.0. The van der Waals surface area contributed by atoms with Gasteiger partial charge in [-0.05, 0) is 55.3 Å². The first-order valence-electron chi connectivity index (χ1n) is 9.58. The van der Waals surface area contributed by atoms with Gasteiger partial charge in [-0.15, -0.1) is 0 Å². The van der Waals surface area contributed by atoms with Gasteiger partial charge in [0.25, 0.3) is 5.91 Å². The molecule has 0 bridgehead atoms. The van der Waals surface area contributed by atoms with E-state index in [1.54, 1.807) is 36.1 Å². The Hall–Kier alpha value is -2.99. The molecular weight excluding hydrogens is 390 g/mol. The second kappa shape index (κ2) is 7.79. The molecular formula is C22H22ClN3O3. The van der Waals surface area contributed by atoms with E-state index in [2.05, 4.69) is 5.32 Å². The van der Waals surface area contributed by atoms with E-state index >= 15 is 0 Å². The number of nitrogens with one attached hydrogen (secondary N) is 1. The Morgan fingerprint density at radius 2 is 2.03 bits per heavy atom. The third kappa shape index (κ3) is 3.68. The van der Waals surface area contributed by atoms with Crippen LogP contribution in [0.1, 0.15) is 24.8 Å². The van der Waals surface area contributed by atoms with E-state index in [1.807, 2.05) is 24.3 Å². The average Bonchev–Trinajstić information content (AvgIpc) is 3.09. The number of amides is 1. The molecule has 6 nitrogen and oxygen atoms in total. The zero-order chi connectivity index (χ0) is 20.5. The average molecular weight is 412 g/mol. The first-order valence-corrected chi connectivity index (χ1v) is 9.95. The highest BCUT2D eigenvalue weighted by atomic mass is 35.5. The van der Waals surface area contributed by atoms with Crippen LogP contribution in [-0.4, -0.2) is 31.1 Å². The number of hydrogen-bond acceptors (Lipinski definition) is 5. The minimum Gasteiger partial charge on any atom is -0.464 e. The highest BCUT2D eigenvalue weighted by molar-refractivity contribution is 6.31. The van der Waals surface area contributed by atoms with Crippen molar-refractivity contribution in [1.29, 1.82) is 0 Å². The van der Waals surface area contributed by atoms with Crippen LogP contribution in [0.4, 0.5) is 17.1 Å². The summed E-state index contributed by atoms with van der Waals surface area (Å²) >= 11 is 6.16. The Morgan fingerprint density at radius 1 is 1.28 bits per heavy atom. The lowest BCUT2D eigenvalue weighted by Gasteiger charge is -2.32. The third-order valence-electron chi connectivity index (χ3n) is 5.33. The van der Waals surface area contributed by atoms with Crippen molar-refractivity contribution in [2.24, 2.45) is 0 Å². The zero-order valence-electron chi connectivity index (χ0n) is 16.0. The predicted octanol–water partition coefficient (Wildman–Crippen LogP) is 3.73. The van der Waals surface area contributed by atoms with Crippen LogP contribution in [0.15, 0.2) is 54.1 Å². The van der Waals surface area contributed by atoms with Gasteiger partial charge in [-0.1, -0.05) is 23.7 Å². The molecule has 2 aliphatic rings. The first kappa shape index (κ1) is 19.3. The van der Waals surface area contributed by atoms with Crippen molar-refractivity contribution in [3.05, 3.63) is 64.7 Å². The Balaban J connectivity index is 1.65. The van der Waals surface area contributed by atoms with E-state index in [9.17, 15) is 9.59 Å². The standard InChI is InChI=1S/C22H22ClN3O3/c1-2-29-22(28)20-12-18(16-8-3-13(23)11-19(16)25-20)17-9-10-26(21(17)27)15-6-4-14(24)5-7-15/h3-9,11,18,20,25H,2,10,12,24H2,1H3. The maximum absolute atomic E-state index is 13.2. The van der Waals surface area contributed by atoms with Crippen LogP contribution in [0.5, 0.6) is 0 Å². The van der Waals surface area contributed by atoms with Crippen LogP contribution < -0.4 is 16.0 Å². The summed E-state index contributed by atoms with van der Waals surface area (Å²) in [6.07, 6.45) is 2.38. The van der Waals surface area contributed by atoms with E-state index in [0.29, 0.717) is 35.9 Å². The number of carbonyl (C=O) groups is 2. The quantitative estimate of drug-likeness (QED) is 0.591. The maximum atomic E-state index is 13.2. The second-order valence-corrected chi connectivity index (χ2v) is 7.57. The van der Waals surface area contributed by atoms with Crippen LogP contribution in [0.3, 0.4) is 0 Å². The molecule has 150 valence electrons. The highest BCUT2D eigenvalue weighted by Gasteiger charge is 2.38. The summed E-state index contributed by atoms with van der Waals surface area (Å²) in [6.45, 7) is 2.56. The number of nitrogens with zero attached hydrogens (tertiary/aromatic N) is 1. The van der Waals surface area contributed by atoms with Gasteiger partial charge >= 0.3 is 5.97 Å². The number of esters is 1. The summed E-state index contributed by atoms with van der Waals surface area (Å²) in [5.74, 6) is -0.612. The molecule has 4 rings (SSSR count). The highest BCUT2D eigenvalue weighted by Crippen LogP contribution is 2.42. The maximum Gasteiger partial charge on any atom is 0.328 e. The smallest absolute Gasteiger partial charge is 0.328 e. The van der Waals surface area contributed by atoms with Crippen molar-refractivity contribution in [3.63, 3.8) is 0 Å². The lowest BCUT2D eigenvalue weighted by molar-refractivity contribution is -0.144. The van der Waals surface area contributed by atoms with Crippen molar-refractivity contribution in [3.8, 4) is 0 Å². The van der Waals surface area contributed by atoms with Crippen molar-refractivity contribution in [2.75, 3.05) is 29.1 Å². The van der Waals surface area contributed by atoms with Gasteiger partial charge in [0.15, 0.2) is 0 Å². The Labute approximate surface area is 174 Å². The Morgan fingerprint density at radius 3 is 2.76 bits per heavy atom. The minimum atomic E-state index is -0.537. The van der Waals surface area contributed by atoms with E-state index in [0.717, 1.165) is 16.9 Å². The normalized spacial score (nSPS) is 20.7. The van der Waals surface area contributed by atoms with Crippen LogP contribution in [0, 0.1) is 0 Å². The van der Waals surface area contributed by atoms with Crippen LogP contribution in [0.2, 0.25) is 5.02 Å². The monoisotopic (exact) mass is 411 g/mol. The fraction of sp³-hybridized carbons (Fsp3) is 0.273. The van der Waals surface area contributed by atoms with Gasteiger partial charge in [0.1, 0.15) is 6.04 Å². The summed E-state index contributed by atoms with van der Waals surface area (Å²) in [6, 6.07) is 12.2. The van der Waals surface area contributed by atoms with Crippen molar-refractivity contribution >= 4 is 40.5 Å². The molecule has 7 heteroatoms. The summed E-state index contributed by atoms with van der Waals surface area (Å²) < 4.78 is 5.21. The molecule has 2 atom stereocenters. The van der Waals surface area contributed by atoms with E-state index in [1.165, 1.54) is 0 Å². The fourth-order valence-electron chi connectivity index (χ4n) is 3.94. The van der Waals surface area contributed by atoms with Gasteiger partial charge in [0.2, 0.25) is 0 Å². The third-order valence-corrected chi connectivity index (χ3v) is 5.56. The number of benzene rings is 2. The largest absolute Gasteiger partial charge is 0.464 e. The van der Waals surface area contributed by atoms with Crippen molar-refractivity contribution in [2.45, 2.75) is 25.3 Å².